The highest BCUT2D eigenvalue weighted by atomic mass is 79.9. The number of carbonyl (C=O) groups is 1. The number of hydrogen-bond acceptors (Lipinski definition) is 2. The van der Waals surface area contributed by atoms with Gasteiger partial charge in [-0.1, -0.05) is 27.5 Å². The van der Waals surface area contributed by atoms with Gasteiger partial charge in [0.2, 0.25) is 0 Å². The fourth-order valence-corrected chi connectivity index (χ4v) is 2.81. The van der Waals surface area contributed by atoms with Gasteiger partial charge in [0.05, 0.1) is 10.7 Å². The molecule has 0 radical (unpaired) electrons. The van der Waals surface area contributed by atoms with Crippen LogP contribution < -0.4 is 10.1 Å². The molecule has 0 atom stereocenters. The molecule has 0 unspecified atom stereocenters. The van der Waals surface area contributed by atoms with Gasteiger partial charge >= 0.3 is 0 Å². The van der Waals surface area contributed by atoms with Gasteiger partial charge in [0, 0.05) is 10.5 Å². The van der Waals surface area contributed by atoms with Crippen molar-refractivity contribution in [3.05, 3.63) is 57.0 Å². The highest BCUT2D eigenvalue weighted by Gasteiger charge is 2.12. The first-order chi connectivity index (χ1) is 10.4. The van der Waals surface area contributed by atoms with E-state index in [0.717, 1.165) is 22.2 Å². The van der Waals surface area contributed by atoms with Gasteiger partial charge in [-0.3, -0.25) is 4.79 Å². The Morgan fingerprint density at radius 3 is 2.68 bits per heavy atom. The minimum absolute atomic E-state index is 0.117. The van der Waals surface area contributed by atoms with Crippen LogP contribution in [0, 0.1) is 18.6 Å². The molecule has 0 spiro atoms. The highest BCUT2D eigenvalue weighted by Crippen LogP contribution is 2.31. The summed E-state index contributed by atoms with van der Waals surface area (Å²) < 4.78 is 32.4. The summed E-state index contributed by atoms with van der Waals surface area (Å²) in [4.78, 5) is 11.8. The van der Waals surface area contributed by atoms with Gasteiger partial charge in [0.25, 0.3) is 5.91 Å². The van der Waals surface area contributed by atoms with E-state index in [1.807, 2.05) is 0 Å². The monoisotopic (exact) mass is 389 g/mol. The Kier molecular flexibility index (Phi) is 5.37. The molecule has 2 aromatic rings. The highest BCUT2D eigenvalue weighted by molar-refractivity contribution is 9.10. The molecule has 0 saturated heterocycles. The van der Waals surface area contributed by atoms with Gasteiger partial charge in [-0.2, -0.15) is 0 Å². The maximum atomic E-state index is 13.4. The predicted octanol–water partition coefficient (Wildman–Crippen LogP) is 4.71. The van der Waals surface area contributed by atoms with Crippen LogP contribution in [0.5, 0.6) is 5.75 Å². The molecule has 0 aliphatic heterocycles. The molecule has 7 heteroatoms. The van der Waals surface area contributed by atoms with Crippen LogP contribution in [0.1, 0.15) is 5.56 Å². The third-order valence-electron chi connectivity index (χ3n) is 2.75. The second-order valence-electron chi connectivity index (χ2n) is 4.49. The molecule has 3 nitrogen and oxygen atoms in total. The summed E-state index contributed by atoms with van der Waals surface area (Å²) in [6.07, 6.45) is 0. The quantitative estimate of drug-likeness (QED) is 0.821. The van der Waals surface area contributed by atoms with Crippen LogP contribution in [0.3, 0.4) is 0 Å². The van der Waals surface area contributed by atoms with E-state index >= 15 is 0 Å². The molecule has 0 fully saturated rings. The smallest absolute Gasteiger partial charge is 0.262 e. The number of halogens is 4. The van der Waals surface area contributed by atoms with Gasteiger partial charge in [-0.15, -0.1) is 0 Å². The van der Waals surface area contributed by atoms with E-state index in [4.69, 9.17) is 16.3 Å². The molecule has 0 heterocycles. The molecule has 2 rings (SSSR count). The Morgan fingerprint density at radius 1 is 1.32 bits per heavy atom. The Hall–Kier alpha value is -1.66. The number of carbonyl (C=O) groups excluding carboxylic acids is 1. The lowest BCUT2D eigenvalue weighted by molar-refractivity contribution is -0.118. The van der Waals surface area contributed by atoms with E-state index in [1.54, 1.807) is 19.1 Å². The molecule has 22 heavy (non-hydrogen) atoms. The number of aryl methyl sites for hydroxylation is 1. The van der Waals surface area contributed by atoms with E-state index in [-0.39, 0.29) is 12.3 Å². The molecule has 2 aromatic carbocycles. The first-order valence-electron chi connectivity index (χ1n) is 6.20. The molecule has 0 aromatic heterocycles. The van der Waals surface area contributed by atoms with Crippen molar-refractivity contribution in [2.45, 2.75) is 6.92 Å². The minimum atomic E-state index is -0.855. The van der Waals surface area contributed by atoms with E-state index in [0.29, 0.717) is 16.8 Å². The molecular weight excluding hydrogens is 380 g/mol. The summed E-state index contributed by atoms with van der Waals surface area (Å²) in [6, 6.07) is 6.31. The number of ether oxygens (including phenoxy) is 1. The standard InChI is InChI=1S/C15H11BrClF2NO2/c1-8-4-9(16)5-11(17)15(8)22-7-14(21)20-13-3-2-10(18)6-12(13)19/h2-6H,7H2,1H3,(H,20,21). The normalized spacial score (nSPS) is 10.4. The molecule has 0 aliphatic carbocycles. The van der Waals surface area contributed by atoms with E-state index in [2.05, 4.69) is 21.2 Å². The van der Waals surface area contributed by atoms with Gasteiger partial charge in [0.15, 0.2) is 6.61 Å². The number of rotatable bonds is 4. The molecule has 116 valence electrons. The predicted molar refractivity (Wildman–Crippen MR) is 84.4 cm³/mol. The molecule has 0 bridgehead atoms. The van der Waals surface area contributed by atoms with Crippen molar-refractivity contribution in [3.63, 3.8) is 0 Å². The van der Waals surface area contributed by atoms with Crippen molar-refractivity contribution in [2.24, 2.45) is 0 Å². The topological polar surface area (TPSA) is 38.3 Å². The number of hydrogen-bond donors (Lipinski definition) is 1. The van der Waals surface area contributed by atoms with Crippen LogP contribution >= 0.6 is 27.5 Å². The van der Waals surface area contributed by atoms with Crippen LogP contribution in [0.4, 0.5) is 14.5 Å². The van der Waals surface area contributed by atoms with Crippen LogP contribution in [-0.4, -0.2) is 12.5 Å². The van der Waals surface area contributed by atoms with E-state index in [1.165, 1.54) is 0 Å². The van der Waals surface area contributed by atoms with E-state index < -0.39 is 17.5 Å². The molecule has 0 aliphatic rings. The second-order valence-corrected chi connectivity index (χ2v) is 5.82. The van der Waals surface area contributed by atoms with Crippen LogP contribution in [0.25, 0.3) is 0 Å². The third-order valence-corrected chi connectivity index (χ3v) is 3.49. The van der Waals surface area contributed by atoms with Crippen molar-refractivity contribution in [2.75, 3.05) is 11.9 Å². The summed E-state index contributed by atoms with van der Waals surface area (Å²) in [5.41, 5.74) is 0.633. The molecular formula is C15H11BrClF2NO2. The lowest BCUT2D eigenvalue weighted by Crippen LogP contribution is -2.21. The van der Waals surface area contributed by atoms with Crippen molar-refractivity contribution >= 4 is 39.1 Å². The summed E-state index contributed by atoms with van der Waals surface area (Å²) in [5, 5.41) is 2.65. The largest absolute Gasteiger partial charge is 0.482 e. The SMILES string of the molecule is Cc1cc(Br)cc(Cl)c1OCC(=O)Nc1ccc(F)cc1F. The zero-order valence-electron chi connectivity index (χ0n) is 11.4. The van der Waals surface area contributed by atoms with Gasteiger partial charge in [0.1, 0.15) is 17.4 Å². The second kappa shape index (κ2) is 7.07. The average molecular weight is 391 g/mol. The lowest BCUT2D eigenvalue weighted by atomic mass is 10.2. The Balaban J connectivity index is 2.02. The van der Waals surface area contributed by atoms with Crippen molar-refractivity contribution in [3.8, 4) is 5.75 Å². The first kappa shape index (κ1) is 16.7. The minimum Gasteiger partial charge on any atom is -0.482 e. The zero-order chi connectivity index (χ0) is 16.3. The number of benzene rings is 2. The maximum absolute atomic E-state index is 13.4. The van der Waals surface area contributed by atoms with Crippen LogP contribution in [-0.2, 0) is 4.79 Å². The molecule has 0 saturated carbocycles. The Morgan fingerprint density at radius 2 is 2.05 bits per heavy atom. The summed E-state index contributed by atoms with van der Waals surface area (Å²) >= 11 is 9.33. The van der Waals surface area contributed by atoms with Crippen molar-refractivity contribution in [1.82, 2.24) is 0 Å². The van der Waals surface area contributed by atoms with Crippen LogP contribution in [0.15, 0.2) is 34.8 Å². The van der Waals surface area contributed by atoms with Crippen molar-refractivity contribution in [1.29, 1.82) is 0 Å². The Labute approximate surface area is 139 Å². The van der Waals surface area contributed by atoms with E-state index in [9.17, 15) is 13.6 Å². The van der Waals surface area contributed by atoms with Crippen LogP contribution in [0.2, 0.25) is 5.02 Å². The number of nitrogens with one attached hydrogen (secondary N) is 1. The number of anilines is 1. The fourth-order valence-electron chi connectivity index (χ4n) is 1.79. The lowest BCUT2D eigenvalue weighted by Gasteiger charge is -2.12. The zero-order valence-corrected chi connectivity index (χ0v) is 13.8. The van der Waals surface area contributed by atoms with Gasteiger partial charge in [-0.25, -0.2) is 8.78 Å². The fraction of sp³-hybridized carbons (Fsp3) is 0.133. The molecule has 1 N–H and O–H groups in total. The molecule has 1 amide bonds. The van der Waals surface area contributed by atoms with Gasteiger partial charge < -0.3 is 10.1 Å². The average Bonchev–Trinajstić information content (AvgIpc) is 2.40. The Bertz CT molecular complexity index is 702. The number of amides is 1. The summed E-state index contributed by atoms with van der Waals surface area (Å²) in [5.74, 6) is -1.78. The summed E-state index contributed by atoms with van der Waals surface area (Å²) in [7, 11) is 0. The third kappa shape index (κ3) is 4.18. The first-order valence-corrected chi connectivity index (χ1v) is 7.37. The van der Waals surface area contributed by atoms with Gasteiger partial charge in [-0.05, 0) is 36.8 Å². The van der Waals surface area contributed by atoms with Crippen molar-refractivity contribution < 1.29 is 18.3 Å². The summed E-state index contributed by atoms with van der Waals surface area (Å²) in [6.45, 7) is 1.43. The maximum Gasteiger partial charge on any atom is 0.262 e.